The van der Waals surface area contributed by atoms with Gasteiger partial charge in [0.1, 0.15) is 11.9 Å². The van der Waals surface area contributed by atoms with Crippen molar-refractivity contribution in [1.82, 2.24) is 0 Å². The first kappa shape index (κ1) is 13.0. The number of ether oxygens (including phenoxy) is 1. The van der Waals surface area contributed by atoms with E-state index in [2.05, 4.69) is 31.2 Å². The van der Waals surface area contributed by atoms with Crippen LogP contribution >= 0.6 is 11.6 Å². The number of halogens is 1. The zero-order chi connectivity index (χ0) is 12.8. The van der Waals surface area contributed by atoms with Crippen LogP contribution in [0, 0.1) is 6.92 Å². The molecule has 2 rings (SSSR count). The second kappa shape index (κ2) is 6.46. The standard InChI is InChI=1S/C16H17ClO/c1-13-7-9-15(10-8-13)18-16(11-12-17)14-5-3-2-4-6-14/h2-10,16H,11-12H2,1H3/t16-/m1/s1. The van der Waals surface area contributed by atoms with Gasteiger partial charge in [0.15, 0.2) is 0 Å². The predicted octanol–water partition coefficient (Wildman–Crippen LogP) is 4.74. The Balaban J connectivity index is 2.14. The summed E-state index contributed by atoms with van der Waals surface area (Å²) >= 11 is 5.86. The van der Waals surface area contributed by atoms with E-state index in [1.165, 1.54) is 11.1 Å². The van der Waals surface area contributed by atoms with Crippen LogP contribution in [0.3, 0.4) is 0 Å². The Morgan fingerprint density at radius 2 is 1.67 bits per heavy atom. The molecular formula is C16H17ClO. The summed E-state index contributed by atoms with van der Waals surface area (Å²) in [4.78, 5) is 0. The maximum absolute atomic E-state index is 6.01. The van der Waals surface area contributed by atoms with E-state index in [0.717, 1.165) is 12.2 Å². The van der Waals surface area contributed by atoms with E-state index in [4.69, 9.17) is 16.3 Å². The lowest BCUT2D eigenvalue weighted by Gasteiger charge is -2.18. The summed E-state index contributed by atoms with van der Waals surface area (Å²) in [6.45, 7) is 2.07. The van der Waals surface area contributed by atoms with Gasteiger partial charge < -0.3 is 4.74 Å². The minimum Gasteiger partial charge on any atom is -0.486 e. The van der Waals surface area contributed by atoms with Crippen LogP contribution in [0.2, 0.25) is 0 Å². The first-order chi connectivity index (χ1) is 8.79. The van der Waals surface area contributed by atoms with Crippen LogP contribution in [0.4, 0.5) is 0 Å². The molecule has 0 spiro atoms. The van der Waals surface area contributed by atoms with Crippen molar-refractivity contribution in [3.63, 3.8) is 0 Å². The highest BCUT2D eigenvalue weighted by molar-refractivity contribution is 6.17. The lowest BCUT2D eigenvalue weighted by Crippen LogP contribution is -2.08. The van der Waals surface area contributed by atoms with Gasteiger partial charge in [-0.3, -0.25) is 0 Å². The lowest BCUT2D eigenvalue weighted by atomic mass is 10.1. The molecule has 0 heterocycles. The van der Waals surface area contributed by atoms with Crippen molar-refractivity contribution in [2.75, 3.05) is 5.88 Å². The van der Waals surface area contributed by atoms with Gasteiger partial charge in [-0.25, -0.2) is 0 Å². The summed E-state index contributed by atoms with van der Waals surface area (Å²) in [6.07, 6.45) is 0.825. The predicted molar refractivity (Wildman–Crippen MR) is 76.3 cm³/mol. The van der Waals surface area contributed by atoms with Gasteiger partial charge in [0.05, 0.1) is 0 Å². The van der Waals surface area contributed by atoms with Crippen LogP contribution < -0.4 is 4.74 Å². The van der Waals surface area contributed by atoms with Gasteiger partial charge in [-0.05, 0) is 24.6 Å². The highest BCUT2D eigenvalue weighted by atomic mass is 35.5. The Bertz CT molecular complexity index is 464. The third kappa shape index (κ3) is 3.51. The first-order valence-electron chi connectivity index (χ1n) is 6.14. The second-order valence-corrected chi connectivity index (χ2v) is 4.69. The largest absolute Gasteiger partial charge is 0.486 e. The average Bonchev–Trinajstić information content (AvgIpc) is 2.42. The fourth-order valence-electron chi connectivity index (χ4n) is 1.84. The van der Waals surface area contributed by atoms with Crippen molar-refractivity contribution in [3.8, 4) is 5.75 Å². The summed E-state index contributed by atoms with van der Waals surface area (Å²) in [7, 11) is 0. The summed E-state index contributed by atoms with van der Waals surface area (Å²) in [5.74, 6) is 1.48. The van der Waals surface area contributed by atoms with Crippen molar-refractivity contribution in [1.29, 1.82) is 0 Å². The van der Waals surface area contributed by atoms with Gasteiger partial charge in [-0.2, -0.15) is 0 Å². The van der Waals surface area contributed by atoms with E-state index in [-0.39, 0.29) is 6.10 Å². The molecule has 1 nitrogen and oxygen atoms in total. The Morgan fingerprint density at radius 1 is 1.00 bits per heavy atom. The SMILES string of the molecule is Cc1ccc(O[C@H](CCCl)c2ccccc2)cc1. The molecule has 0 saturated heterocycles. The fraction of sp³-hybridized carbons (Fsp3) is 0.250. The Kier molecular flexibility index (Phi) is 4.66. The Morgan fingerprint density at radius 3 is 2.28 bits per heavy atom. The number of hydrogen-bond donors (Lipinski definition) is 0. The molecule has 0 fully saturated rings. The Hall–Kier alpha value is -1.47. The third-order valence-electron chi connectivity index (χ3n) is 2.84. The van der Waals surface area contributed by atoms with Gasteiger partial charge in [-0.1, -0.05) is 48.0 Å². The maximum atomic E-state index is 6.01. The molecule has 0 bridgehead atoms. The number of hydrogen-bond acceptors (Lipinski definition) is 1. The smallest absolute Gasteiger partial charge is 0.125 e. The van der Waals surface area contributed by atoms with Crippen molar-refractivity contribution < 1.29 is 4.74 Å². The Labute approximate surface area is 113 Å². The van der Waals surface area contributed by atoms with Crippen LogP contribution in [0.15, 0.2) is 54.6 Å². The van der Waals surface area contributed by atoms with Gasteiger partial charge >= 0.3 is 0 Å². The molecule has 0 aliphatic heterocycles. The molecule has 0 N–H and O–H groups in total. The molecule has 0 aliphatic rings. The number of rotatable bonds is 5. The lowest BCUT2D eigenvalue weighted by molar-refractivity contribution is 0.202. The van der Waals surface area contributed by atoms with E-state index in [9.17, 15) is 0 Å². The minimum atomic E-state index is 0.0198. The van der Waals surface area contributed by atoms with Crippen LogP contribution in [0.25, 0.3) is 0 Å². The van der Waals surface area contributed by atoms with Gasteiger partial charge in [-0.15, -0.1) is 11.6 Å². The first-order valence-corrected chi connectivity index (χ1v) is 6.67. The number of benzene rings is 2. The van der Waals surface area contributed by atoms with Crippen LogP contribution in [0.5, 0.6) is 5.75 Å². The van der Waals surface area contributed by atoms with Gasteiger partial charge in [0.25, 0.3) is 0 Å². The monoisotopic (exact) mass is 260 g/mol. The number of aryl methyl sites for hydroxylation is 1. The topological polar surface area (TPSA) is 9.23 Å². The summed E-state index contributed by atoms with van der Waals surface area (Å²) in [5.41, 5.74) is 2.40. The van der Waals surface area contributed by atoms with Crippen molar-refractivity contribution >= 4 is 11.6 Å². The normalized spacial score (nSPS) is 12.1. The van der Waals surface area contributed by atoms with Crippen molar-refractivity contribution in [2.24, 2.45) is 0 Å². The van der Waals surface area contributed by atoms with E-state index in [0.29, 0.717) is 5.88 Å². The second-order valence-electron chi connectivity index (χ2n) is 4.31. The van der Waals surface area contributed by atoms with E-state index in [1.54, 1.807) is 0 Å². The summed E-state index contributed by atoms with van der Waals surface area (Å²) in [6, 6.07) is 18.3. The van der Waals surface area contributed by atoms with Crippen LogP contribution in [0.1, 0.15) is 23.7 Å². The molecule has 0 radical (unpaired) electrons. The van der Waals surface area contributed by atoms with E-state index < -0.39 is 0 Å². The van der Waals surface area contributed by atoms with Gasteiger partial charge in [0, 0.05) is 12.3 Å². The molecule has 2 heteroatoms. The number of alkyl halides is 1. The highest BCUT2D eigenvalue weighted by Crippen LogP contribution is 2.25. The highest BCUT2D eigenvalue weighted by Gasteiger charge is 2.12. The molecule has 2 aromatic rings. The molecule has 94 valence electrons. The zero-order valence-corrected chi connectivity index (χ0v) is 11.2. The average molecular weight is 261 g/mol. The summed E-state index contributed by atoms with van der Waals surface area (Å²) in [5, 5.41) is 0. The molecule has 0 unspecified atom stereocenters. The van der Waals surface area contributed by atoms with E-state index >= 15 is 0 Å². The molecule has 0 saturated carbocycles. The minimum absolute atomic E-state index is 0.0198. The summed E-state index contributed by atoms with van der Waals surface area (Å²) < 4.78 is 6.01. The molecule has 1 atom stereocenters. The van der Waals surface area contributed by atoms with Gasteiger partial charge in [0.2, 0.25) is 0 Å². The van der Waals surface area contributed by atoms with Crippen molar-refractivity contribution in [3.05, 3.63) is 65.7 Å². The molecule has 18 heavy (non-hydrogen) atoms. The van der Waals surface area contributed by atoms with Crippen LogP contribution in [-0.2, 0) is 0 Å². The fourth-order valence-corrected chi connectivity index (χ4v) is 2.04. The molecule has 0 aromatic heterocycles. The van der Waals surface area contributed by atoms with Crippen LogP contribution in [-0.4, -0.2) is 5.88 Å². The van der Waals surface area contributed by atoms with E-state index in [1.807, 2.05) is 30.3 Å². The third-order valence-corrected chi connectivity index (χ3v) is 3.06. The molecule has 2 aromatic carbocycles. The molecule has 0 amide bonds. The maximum Gasteiger partial charge on any atom is 0.125 e. The quantitative estimate of drug-likeness (QED) is 0.706. The van der Waals surface area contributed by atoms with Crippen molar-refractivity contribution in [2.45, 2.75) is 19.4 Å². The zero-order valence-electron chi connectivity index (χ0n) is 10.5. The molecular weight excluding hydrogens is 244 g/mol. The molecule has 0 aliphatic carbocycles.